The largest absolute Gasteiger partial charge is 0.103 e. The third kappa shape index (κ3) is 3.25. The van der Waals surface area contributed by atoms with E-state index in [1.807, 2.05) is 11.6 Å². The molecule has 0 heterocycles. The molecule has 0 spiro atoms. The molecule has 6 atom stereocenters. The lowest BCUT2D eigenvalue weighted by Crippen LogP contribution is -2.42. The molecule has 2 fully saturated rings. The Morgan fingerprint density at radius 1 is 1.03 bits per heavy atom. The van der Waals surface area contributed by atoms with Crippen LogP contribution >= 0.6 is 0 Å². The van der Waals surface area contributed by atoms with Crippen LogP contribution in [0.25, 0.3) is 0 Å². The lowest BCUT2D eigenvalue weighted by molar-refractivity contribution is 0.0813. The Kier molecular flexibility index (Phi) is 5.24. The number of allylic oxidation sites excluding steroid dienone is 7. The molecule has 0 aromatic heterocycles. The highest BCUT2D eigenvalue weighted by atomic mass is 14.6. The number of benzene rings is 1. The number of hydrogen-bond donors (Lipinski definition) is 0. The van der Waals surface area contributed by atoms with Gasteiger partial charge in [-0.2, -0.15) is 0 Å². The van der Waals surface area contributed by atoms with E-state index in [0.29, 0.717) is 23.2 Å². The summed E-state index contributed by atoms with van der Waals surface area (Å²) in [6, 6.07) is 9.54. The first-order valence-electron chi connectivity index (χ1n) is 12.4. The average molecular weight is 411 g/mol. The molecular weight excluding hydrogens is 372 g/mol. The van der Waals surface area contributed by atoms with E-state index in [1.165, 1.54) is 55.2 Å². The van der Waals surface area contributed by atoms with E-state index in [0.717, 1.165) is 18.3 Å². The van der Waals surface area contributed by atoms with Crippen molar-refractivity contribution in [3.05, 3.63) is 95.6 Å². The molecule has 0 bridgehead atoms. The Hall–Kier alpha value is -2.08. The summed E-state index contributed by atoms with van der Waals surface area (Å²) in [6.07, 6.45) is 15.6. The molecule has 2 saturated carbocycles. The van der Waals surface area contributed by atoms with Gasteiger partial charge >= 0.3 is 0 Å². The molecule has 0 heteroatoms. The van der Waals surface area contributed by atoms with E-state index in [1.54, 1.807) is 11.1 Å². The summed E-state index contributed by atoms with van der Waals surface area (Å²) in [4.78, 5) is 0. The predicted octanol–water partition coefficient (Wildman–Crippen LogP) is 8.66. The maximum atomic E-state index is 4.29. The van der Waals surface area contributed by atoms with Crippen LogP contribution in [0.1, 0.15) is 81.8 Å². The van der Waals surface area contributed by atoms with Crippen LogP contribution in [0.2, 0.25) is 0 Å². The van der Waals surface area contributed by atoms with Crippen LogP contribution in [0.3, 0.4) is 0 Å². The van der Waals surface area contributed by atoms with Crippen molar-refractivity contribution >= 4 is 0 Å². The van der Waals surface area contributed by atoms with Gasteiger partial charge in [-0.1, -0.05) is 74.1 Å². The van der Waals surface area contributed by atoms with E-state index >= 15 is 0 Å². The minimum Gasteiger partial charge on any atom is -0.103 e. The lowest BCUT2D eigenvalue weighted by Gasteiger charge is -2.52. The molecule has 0 radical (unpaired) electrons. The second kappa shape index (κ2) is 7.80. The van der Waals surface area contributed by atoms with Gasteiger partial charge in [0.05, 0.1) is 0 Å². The van der Waals surface area contributed by atoms with Crippen molar-refractivity contribution < 1.29 is 0 Å². The van der Waals surface area contributed by atoms with Crippen LogP contribution in [0, 0.1) is 23.2 Å². The van der Waals surface area contributed by atoms with Crippen molar-refractivity contribution in [2.24, 2.45) is 23.2 Å². The van der Waals surface area contributed by atoms with E-state index in [2.05, 4.69) is 70.0 Å². The molecule has 4 aliphatic carbocycles. The summed E-state index contributed by atoms with van der Waals surface area (Å²) in [5.74, 6) is 3.19. The summed E-state index contributed by atoms with van der Waals surface area (Å²) in [5, 5.41) is 0. The van der Waals surface area contributed by atoms with Crippen LogP contribution in [0.5, 0.6) is 0 Å². The molecule has 4 aliphatic rings. The van der Waals surface area contributed by atoms with Crippen LogP contribution in [0.4, 0.5) is 0 Å². The van der Waals surface area contributed by atoms with Gasteiger partial charge in [0.15, 0.2) is 0 Å². The monoisotopic (exact) mass is 410 g/mol. The molecular formula is C31H38. The fourth-order valence-electron chi connectivity index (χ4n) is 7.64. The topological polar surface area (TPSA) is 0 Å². The standard InChI is InChI=1S/C31H38/c1-6-21(4)22-9-11-23(12-10-22)28-19-31(5)25(7-2)14-17-29(31)27-16-13-24-18-20(3)8-15-26(24)30(27)28/h6-7,9-12,18,21,25,27-29H,1-3,8,13-17,19H2,4-5H3. The van der Waals surface area contributed by atoms with Gasteiger partial charge in [0.2, 0.25) is 0 Å². The van der Waals surface area contributed by atoms with Gasteiger partial charge in [-0.3, -0.25) is 0 Å². The molecule has 0 aliphatic heterocycles. The summed E-state index contributed by atoms with van der Waals surface area (Å²) in [7, 11) is 0. The lowest BCUT2D eigenvalue weighted by atomic mass is 9.52. The minimum atomic E-state index is 0.383. The normalized spacial score (nSPS) is 35.5. The zero-order valence-corrected chi connectivity index (χ0v) is 19.5. The Morgan fingerprint density at radius 3 is 2.52 bits per heavy atom. The Morgan fingerprint density at radius 2 is 1.81 bits per heavy atom. The highest BCUT2D eigenvalue weighted by molar-refractivity contribution is 5.51. The number of hydrogen-bond acceptors (Lipinski definition) is 0. The van der Waals surface area contributed by atoms with Gasteiger partial charge in [0.1, 0.15) is 0 Å². The molecule has 5 rings (SSSR count). The van der Waals surface area contributed by atoms with Crippen molar-refractivity contribution in [1.82, 2.24) is 0 Å². The van der Waals surface area contributed by atoms with E-state index in [4.69, 9.17) is 0 Å². The highest BCUT2D eigenvalue weighted by Crippen LogP contribution is 2.65. The van der Waals surface area contributed by atoms with Crippen molar-refractivity contribution in [3.8, 4) is 0 Å². The van der Waals surface area contributed by atoms with Crippen molar-refractivity contribution in [2.45, 2.75) is 70.6 Å². The fourth-order valence-corrected chi connectivity index (χ4v) is 7.64. The van der Waals surface area contributed by atoms with E-state index in [-0.39, 0.29) is 0 Å². The molecule has 0 N–H and O–H groups in total. The number of rotatable bonds is 4. The molecule has 162 valence electrons. The SMILES string of the molecule is C=CC(C)c1ccc(C2CC3(C)C(C=C)CCC3C3CCC4=CC(=C)CCC4=C23)cc1. The first kappa shape index (κ1) is 20.8. The van der Waals surface area contributed by atoms with Crippen molar-refractivity contribution in [3.63, 3.8) is 0 Å². The third-order valence-corrected chi connectivity index (χ3v) is 9.43. The highest BCUT2D eigenvalue weighted by Gasteiger charge is 2.55. The molecule has 31 heavy (non-hydrogen) atoms. The second-order valence-electron chi connectivity index (χ2n) is 10.9. The van der Waals surface area contributed by atoms with Gasteiger partial charge in [0, 0.05) is 5.92 Å². The molecule has 6 unspecified atom stereocenters. The summed E-state index contributed by atoms with van der Waals surface area (Å²) in [5.41, 5.74) is 9.72. The van der Waals surface area contributed by atoms with E-state index in [9.17, 15) is 0 Å². The van der Waals surface area contributed by atoms with Crippen molar-refractivity contribution in [2.75, 3.05) is 0 Å². The maximum Gasteiger partial charge on any atom is 0.00624 e. The Bertz CT molecular complexity index is 968. The van der Waals surface area contributed by atoms with Gasteiger partial charge in [-0.15, -0.1) is 13.2 Å². The first-order valence-corrected chi connectivity index (χ1v) is 12.4. The maximum absolute atomic E-state index is 4.29. The number of fused-ring (bicyclic) bond motifs is 4. The van der Waals surface area contributed by atoms with Crippen molar-refractivity contribution in [1.29, 1.82) is 0 Å². The smallest absolute Gasteiger partial charge is 0.00624 e. The molecule has 0 amide bonds. The zero-order chi connectivity index (χ0) is 21.8. The molecule has 0 saturated heterocycles. The molecule has 0 nitrogen and oxygen atoms in total. The second-order valence-corrected chi connectivity index (χ2v) is 10.9. The average Bonchev–Trinajstić information content (AvgIpc) is 3.13. The predicted molar refractivity (Wildman–Crippen MR) is 133 cm³/mol. The van der Waals surface area contributed by atoms with Crippen LogP contribution in [-0.2, 0) is 0 Å². The fraction of sp³-hybridized carbons (Fsp3) is 0.484. The first-order chi connectivity index (χ1) is 15.0. The van der Waals surface area contributed by atoms with Gasteiger partial charge in [0.25, 0.3) is 0 Å². The molecule has 1 aromatic carbocycles. The molecule has 1 aromatic rings. The van der Waals surface area contributed by atoms with Crippen LogP contribution in [0.15, 0.2) is 84.5 Å². The quantitative estimate of drug-likeness (QED) is 0.436. The summed E-state index contributed by atoms with van der Waals surface area (Å²) in [6.45, 7) is 17.4. The van der Waals surface area contributed by atoms with Crippen LogP contribution in [-0.4, -0.2) is 0 Å². The van der Waals surface area contributed by atoms with Gasteiger partial charge in [-0.25, -0.2) is 0 Å². The third-order valence-electron chi connectivity index (χ3n) is 9.43. The van der Waals surface area contributed by atoms with Gasteiger partial charge in [-0.05, 0) is 96.3 Å². The van der Waals surface area contributed by atoms with Crippen LogP contribution < -0.4 is 0 Å². The minimum absolute atomic E-state index is 0.383. The summed E-state index contributed by atoms with van der Waals surface area (Å²) < 4.78 is 0. The van der Waals surface area contributed by atoms with E-state index < -0.39 is 0 Å². The Labute approximate surface area is 189 Å². The summed E-state index contributed by atoms with van der Waals surface area (Å²) >= 11 is 0. The Balaban J connectivity index is 1.63. The van der Waals surface area contributed by atoms with Gasteiger partial charge < -0.3 is 0 Å². The zero-order valence-electron chi connectivity index (χ0n) is 19.5.